The van der Waals surface area contributed by atoms with Crippen molar-refractivity contribution in [2.24, 2.45) is 10.9 Å². The minimum atomic E-state index is 0.255. The predicted octanol–water partition coefficient (Wildman–Crippen LogP) is 4.01. The first-order valence-corrected chi connectivity index (χ1v) is 8.79. The average Bonchev–Trinajstić information content (AvgIpc) is 3.00. The SMILES string of the molecule is CCC(CC)C1CN=C(NC(C)c2nc(C)cs2)S1. The van der Waals surface area contributed by atoms with Crippen LogP contribution in [0.15, 0.2) is 10.4 Å². The smallest absolute Gasteiger partial charge is 0.157 e. The van der Waals surface area contributed by atoms with Gasteiger partial charge >= 0.3 is 0 Å². The maximum atomic E-state index is 4.65. The minimum Gasteiger partial charge on any atom is -0.356 e. The van der Waals surface area contributed by atoms with Crippen molar-refractivity contribution in [3.05, 3.63) is 16.1 Å². The molecule has 0 fully saturated rings. The van der Waals surface area contributed by atoms with Gasteiger partial charge in [0.15, 0.2) is 5.17 Å². The molecule has 0 saturated carbocycles. The third kappa shape index (κ3) is 3.72. The molecule has 0 spiro atoms. The van der Waals surface area contributed by atoms with Crippen LogP contribution in [-0.2, 0) is 0 Å². The Balaban J connectivity index is 1.88. The van der Waals surface area contributed by atoms with Crippen LogP contribution in [0.1, 0.15) is 50.4 Å². The summed E-state index contributed by atoms with van der Waals surface area (Å²) in [5, 5.41) is 8.50. The first-order valence-electron chi connectivity index (χ1n) is 7.03. The predicted molar refractivity (Wildman–Crippen MR) is 86.2 cm³/mol. The molecule has 1 aromatic heterocycles. The van der Waals surface area contributed by atoms with Crippen LogP contribution < -0.4 is 5.32 Å². The van der Waals surface area contributed by atoms with Gasteiger partial charge in [0.2, 0.25) is 0 Å². The summed E-state index contributed by atoms with van der Waals surface area (Å²) in [5.74, 6) is 0.783. The number of aromatic nitrogens is 1. The van der Waals surface area contributed by atoms with Crippen LogP contribution in [0.2, 0.25) is 0 Å². The molecule has 5 heteroatoms. The fraction of sp³-hybridized carbons (Fsp3) is 0.714. The van der Waals surface area contributed by atoms with Crippen molar-refractivity contribution >= 4 is 28.3 Å². The summed E-state index contributed by atoms with van der Waals surface area (Å²) in [7, 11) is 0. The minimum absolute atomic E-state index is 0.255. The molecule has 0 amide bonds. The molecule has 0 aliphatic carbocycles. The summed E-state index contributed by atoms with van der Waals surface area (Å²) in [5.41, 5.74) is 1.10. The number of hydrogen-bond acceptors (Lipinski definition) is 5. The second-order valence-electron chi connectivity index (χ2n) is 5.07. The van der Waals surface area contributed by atoms with Gasteiger partial charge in [-0.05, 0) is 19.8 Å². The standard InChI is InChI=1S/C14H23N3S2/c1-5-11(6-2)12-7-15-14(19-12)17-10(4)13-16-9(3)8-18-13/h8,10-12H,5-7H2,1-4H3,(H,15,17). The lowest BCUT2D eigenvalue weighted by Crippen LogP contribution is -2.24. The third-order valence-electron chi connectivity index (χ3n) is 3.60. The number of amidine groups is 1. The van der Waals surface area contributed by atoms with E-state index in [1.54, 1.807) is 11.3 Å². The second kappa shape index (κ2) is 6.75. The quantitative estimate of drug-likeness (QED) is 0.892. The summed E-state index contributed by atoms with van der Waals surface area (Å²) >= 11 is 3.63. The molecule has 1 aliphatic heterocycles. The molecule has 2 atom stereocenters. The van der Waals surface area contributed by atoms with Crippen LogP contribution in [-0.4, -0.2) is 21.9 Å². The molecule has 1 N–H and O–H groups in total. The largest absolute Gasteiger partial charge is 0.356 e. The number of thiazole rings is 1. The Morgan fingerprint density at radius 1 is 1.42 bits per heavy atom. The summed E-state index contributed by atoms with van der Waals surface area (Å²) in [6, 6.07) is 0.255. The van der Waals surface area contributed by atoms with Crippen molar-refractivity contribution in [3.63, 3.8) is 0 Å². The van der Waals surface area contributed by atoms with E-state index >= 15 is 0 Å². The number of thioether (sulfide) groups is 1. The maximum absolute atomic E-state index is 4.65. The van der Waals surface area contributed by atoms with Crippen LogP contribution in [0.3, 0.4) is 0 Å². The van der Waals surface area contributed by atoms with Gasteiger partial charge < -0.3 is 5.32 Å². The van der Waals surface area contributed by atoms with Crippen molar-refractivity contribution < 1.29 is 0 Å². The van der Waals surface area contributed by atoms with E-state index in [-0.39, 0.29) is 6.04 Å². The Hall–Kier alpha value is -0.550. The van der Waals surface area contributed by atoms with Gasteiger partial charge in [-0.2, -0.15) is 0 Å². The molecule has 0 saturated heterocycles. The Morgan fingerprint density at radius 3 is 2.74 bits per heavy atom. The van der Waals surface area contributed by atoms with E-state index in [9.17, 15) is 0 Å². The van der Waals surface area contributed by atoms with E-state index < -0.39 is 0 Å². The zero-order valence-corrected chi connectivity index (χ0v) is 13.8. The third-order valence-corrected chi connectivity index (χ3v) is 6.05. The van der Waals surface area contributed by atoms with Crippen LogP contribution >= 0.6 is 23.1 Å². The van der Waals surface area contributed by atoms with Gasteiger partial charge in [-0.3, -0.25) is 4.99 Å². The molecule has 0 bridgehead atoms. The molecule has 2 heterocycles. The zero-order chi connectivity index (χ0) is 13.8. The van der Waals surface area contributed by atoms with E-state index in [1.807, 2.05) is 18.7 Å². The van der Waals surface area contributed by atoms with Gasteiger partial charge in [0.25, 0.3) is 0 Å². The van der Waals surface area contributed by atoms with Gasteiger partial charge in [0, 0.05) is 16.3 Å². The number of aliphatic imine (C=N–C) groups is 1. The van der Waals surface area contributed by atoms with Crippen LogP contribution in [0.5, 0.6) is 0 Å². The number of nitrogens with zero attached hydrogens (tertiary/aromatic N) is 2. The summed E-state index contributed by atoms with van der Waals surface area (Å²) in [6.07, 6.45) is 2.50. The van der Waals surface area contributed by atoms with E-state index in [0.717, 1.165) is 28.3 Å². The summed E-state index contributed by atoms with van der Waals surface area (Å²) in [4.78, 5) is 9.18. The van der Waals surface area contributed by atoms with E-state index in [4.69, 9.17) is 0 Å². The highest BCUT2D eigenvalue weighted by Crippen LogP contribution is 2.31. The van der Waals surface area contributed by atoms with Crippen molar-refractivity contribution in [2.75, 3.05) is 6.54 Å². The number of rotatable bonds is 5. The van der Waals surface area contributed by atoms with Crippen molar-refractivity contribution in [1.29, 1.82) is 0 Å². The van der Waals surface area contributed by atoms with Crippen LogP contribution in [0, 0.1) is 12.8 Å². The molecular weight excluding hydrogens is 274 g/mol. The highest BCUT2D eigenvalue weighted by Gasteiger charge is 2.26. The Labute approximate surface area is 124 Å². The monoisotopic (exact) mass is 297 g/mol. The highest BCUT2D eigenvalue weighted by molar-refractivity contribution is 8.14. The van der Waals surface area contributed by atoms with Gasteiger partial charge in [-0.15, -0.1) is 11.3 Å². The van der Waals surface area contributed by atoms with E-state index in [1.165, 1.54) is 12.8 Å². The van der Waals surface area contributed by atoms with Gasteiger partial charge in [0.05, 0.1) is 12.6 Å². The normalized spacial score (nSPS) is 20.7. The molecule has 2 rings (SSSR count). The average molecular weight is 297 g/mol. The molecule has 19 heavy (non-hydrogen) atoms. The Morgan fingerprint density at radius 2 is 2.16 bits per heavy atom. The lowest BCUT2D eigenvalue weighted by molar-refractivity contribution is 0.479. The Kier molecular flexibility index (Phi) is 5.28. The number of aryl methyl sites for hydroxylation is 1. The highest BCUT2D eigenvalue weighted by atomic mass is 32.2. The molecular formula is C14H23N3S2. The second-order valence-corrected chi connectivity index (χ2v) is 7.19. The molecule has 2 unspecified atom stereocenters. The molecule has 1 aromatic rings. The van der Waals surface area contributed by atoms with Gasteiger partial charge in [0.1, 0.15) is 5.01 Å². The fourth-order valence-corrected chi connectivity index (χ4v) is 4.56. The number of hydrogen-bond donors (Lipinski definition) is 1. The zero-order valence-electron chi connectivity index (χ0n) is 12.1. The van der Waals surface area contributed by atoms with E-state index in [0.29, 0.717) is 5.25 Å². The topological polar surface area (TPSA) is 37.3 Å². The molecule has 3 nitrogen and oxygen atoms in total. The van der Waals surface area contributed by atoms with Crippen molar-refractivity contribution in [1.82, 2.24) is 10.3 Å². The molecule has 0 radical (unpaired) electrons. The van der Waals surface area contributed by atoms with Crippen LogP contribution in [0.4, 0.5) is 0 Å². The Bertz CT molecular complexity index is 438. The molecule has 1 aliphatic rings. The fourth-order valence-electron chi connectivity index (χ4n) is 2.35. The summed E-state index contributed by atoms with van der Waals surface area (Å²) < 4.78 is 0. The van der Waals surface area contributed by atoms with Crippen molar-refractivity contribution in [3.8, 4) is 0 Å². The number of nitrogens with one attached hydrogen (secondary N) is 1. The maximum Gasteiger partial charge on any atom is 0.157 e. The van der Waals surface area contributed by atoms with Crippen molar-refractivity contribution in [2.45, 2.75) is 51.8 Å². The van der Waals surface area contributed by atoms with Gasteiger partial charge in [-0.1, -0.05) is 38.5 Å². The molecule has 0 aromatic carbocycles. The first kappa shape index (κ1) is 14.9. The van der Waals surface area contributed by atoms with Gasteiger partial charge in [-0.25, -0.2) is 4.98 Å². The lowest BCUT2D eigenvalue weighted by atomic mass is 9.99. The lowest BCUT2D eigenvalue weighted by Gasteiger charge is -2.19. The van der Waals surface area contributed by atoms with E-state index in [2.05, 4.69) is 41.4 Å². The summed E-state index contributed by atoms with van der Waals surface area (Å²) in [6.45, 7) is 9.72. The first-order chi connectivity index (χ1) is 9.13. The van der Waals surface area contributed by atoms with Crippen LogP contribution in [0.25, 0.3) is 0 Å². The molecule has 106 valence electrons.